The van der Waals surface area contributed by atoms with E-state index in [1.54, 1.807) is 6.07 Å². The SMILES string of the molecule is COc1ccc(S(=O)(=O)N(CCC#N)CCC#N)cc1Br. The largest absolute Gasteiger partial charge is 0.496 e. The predicted molar refractivity (Wildman–Crippen MR) is 79.9 cm³/mol. The van der Waals surface area contributed by atoms with Crippen molar-refractivity contribution in [3.63, 3.8) is 0 Å². The molecule has 0 aliphatic rings. The fourth-order valence-corrected chi connectivity index (χ4v) is 3.82. The Bertz CT molecular complexity index is 659. The summed E-state index contributed by atoms with van der Waals surface area (Å²) >= 11 is 3.24. The summed E-state index contributed by atoms with van der Waals surface area (Å²) in [6.07, 6.45) is 0.143. The van der Waals surface area contributed by atoms with E-state index in [0.29, 0.717) is 10.2 Å². The van der Waals surface area contributed by atoms with Crippen LogP contribution in [0.15, 0.2) is 27.6 Å². The third-order valence-corrected chi connectivity index (χ3v) is 5.22. The third kappa shape index (κ3) is 4.43. The van der Waals surface area contributed by atoms with Crippen LogP contribution in [-0.2, 0) is 10.0 Å². The first-order valence-electron chi connectivity index (χ1n) is 6.05. The van der Waals surface area contributed by atoms with Crippen LogP contribution in [-0.4, -0.2) is 32.9 Å². The Morgan fingerprint density at radius 3 is 2.24 bits per heavy atom. The van der Waals surface area contributed by atoms with Gasteiger partial charge in [0.15, 0.2) is 0 Å². The number of nitriles is 2. The van der Waals surface area contributed by atoms with Gasteiger partial charge in [0.05, 0.1) is 28.6 Å². The van der Waals surface area contributed by atoms with E-state index < -0.39 is 10.0 Å². The molecule has 0 N–H and O–H groups in total. The van der Waals surface area contributed by atoms with Crippen LogP contribution < -0.4 is 4.74 Å². The van der Waals surface area contributed by atoms with E-state index in [-0.39, 0.29) is 30.8 Å². The molecule has 0 saturated heterocycles. The first-order valence-corrected chi connectivity index (χ1v) is 8.28. The molecule has 0 unspecified atom stereocenters. The fraction of sp³-hybridized carbons (Fsp3) is 0.385. The first-order chi connectivity index (χ1) is 9.97. The van der Waals surface area contributed by atoms with Gasteiger partial charge < -0.3 is 4.74 Å². The number of benzene rings is 1. The van der Waals surface area contributed by atoms with Gasteiger partial charge in [0.25, 0.3) is 0 Å². The molecule has 6 nitrogen and oxygen atoms in total. The number of halogens is 1. The van der Waals surface area contributed by atoms with Gasteiger partial charge in [0, 0.05) is 25.9 Å². The number of ether oxygens (including phenoxy) is 1. The Morgan fingerprint density at radius 2 is 1.81 bits per heavy atom. The highest BCUT2D eigenvalue weighted by Gasteiger charge is 2.24. The maximum atomic E-state index is 12.5. The lowest BCUT2D eigenvalue weighted by Crippen LogP contribution is -2.32. The van der Waals surface area contributed by atoms with Crippen molar-refractivity contribution >= 4 is 26.0 Å². The highest BCUT2D eigenvalue weighted by atomic mass is 79.9. The second-order valence-corrected chi connectivity index (χ2v) is 6.81. The zero-order valence-electron chi connectivity index (χ0n) is 11.4. The minimum atomic E-state index is -3.75. The van der Waals surface area contributed by atoms with Crippen molar-refractivity contribution in [2.24, 2.45) is 0 Å². The van der Waals surface area contributed by atoms with E-state index in [9.17, 15) is 8.42 Å². The number of sulfonamides is 1. The molecule has 112 valence electrons. The average Bonchev–Trinajstić information content (AvgIpc) is 2.47. The van der Waals surface area contributed by atoms with Gasteiger partial charge in [-0.1, -0.05) is 0 Å². The van der Waals surface area contributed by atoms with Gasteiger partial charge in [0.1, 0.15) is 5.75 Å². The standard InChI is InChI=1S/C13H14BrN3O3S/c1-20-13-5-4-11(10-12(13)14)21(18,19)17(8-2-6-15)9-3-7-16/h4-5,10H,2-3,8-9H2,1H3. The summed E-state index contributed by atoms with van der Waals surface area (Å²) in [5, 5.41) is 17.3. The Balaban J connectivity index is 3.13. The van der Waals surface area contributed by atoms with Crippen LogP contribution in [0.3, 0.4) is 0 Å². The Hall–Kier alpha value is -1.61. The summed E-state index contributed by atoms with van der Waals surface area (Å²) in [6.45, 7) is 0.119. The molecule has 0 saturated carbocycles. The van der Waals surface area contributed by atoms with Crippen molar-refractivity contribution in [3.05, 3.63) is 22.7 Å². The topological polar surface area (TPSA) is 94.2 Å². The molecule has 0 heterocycles. The summed E-state index contributed by atoms with van der Waals surface area (Å²) < 4.78 is 31.8. The molecular weight excluding hydrogens is 358 g/mol. The Kier molecular flexibility index (Phi) is 6.63. The lowest BCUT2D eigenvalue weighted by Gasteiger charge is -2.20. The molecule has 0 spiro atoms. The Labute approximate surface area is 132 Å². The van der Waals surface area contributed by atoms with Crippen molar-refractivity contribution in [2.75, 3.05) is 20.2 Å². The quantitative estimate of drug-likeness (QED) is 0.732. The number of hydrogen-bond acceptors (Lipinski definition) is 5. The molecule has 0 radical (unpaired) electrons. The molecule has 0 aromatic heterocycles. The summed E-state index contributed by atoms with van der Waals surface area (Å²) in [7, 11) is -2.26. The van der Waals surface area contributed by atoms with Crippen LogP contribution >= 0.6 is 15.9 Å². The van der Waals surface area contributed by atoms with Gasteiger partial charge in [-0.15, -0.1) is 0 Å². The molecule has 1 aromatic carbocycles. The minimum absolute atomic E-state index is 0.0597. The van der Waals surface area contributed by atoms with Crippen molar-refractivity contribution in [1.29, 1.82) is 10.5 Å². The van der Waals surface area contributed by atoms with Crippen molar-refractivity contribution in [3.8, 4) is 17.9 Å². The highest BCUT2D eigenvalue weighted by Crippen LogP contribution is 2.28. The molecule has 0 atom stereocenters. The average molecular weight is 372 g/mol. The maximum Gasteiger partial charge on any atom is 0.243 e. The summed E-state index contributed by atoms with van der Waals surface area (Å²) in [6, 6.07) is 8.24. The van der Waals surface area contributed by atoms with Crippen molar-refractivity contribution in [1.82, 2.24) is 4.31 Å². The minimum Gasteiger partial charge on any atom is -0.496 e. The lowest BCUT2D eigenvalue weighted by molar-refractivity contribution is 0.410. The molecule has 0 fully saturated rings. The second kappa shape index (κ2) is 7.99. The van der Waals surface area contributed by atoms with Gasteiger partial charge >= 0.3 is 0 Å². The summed E-state index contributed by atoms with van der Waals surface area (Å²) in [5.74, 6) is 0.523. The van der Waals surface area contributed by atoms with Gasteiger partial charge in [-0.05, 0) is 34.1 Å². The van der Waals surface area contributed by atoms with Crippen LogP contribution in [0.25, 0.3) is 0 Å². The van der Waals surface area contributed by atoms with Crippen LogP contribution in [0.2, 0.25) is 0 Å². The molecule has 0 aliphatic heterocycles. The van der Waals surface area contributed by atoms with Gasteiger partial charge in [-0.2, -0.15) is 14.8 Å². The number of methoxy groups -OCH3 is 1. The lowest BCUT2D eigenvalue weighted by atomic mass is 10.3. The van der Waals surface area contributed by atoms with E-state index >= 15 is 0 Å². The molecule has 0 bridgehead atoms. The highest BCUT2D eigenvalue weighted by molar-refractivity contribution is 9.10. The predicted octanol–water partition coefficient (Wildman–Crippen LogP) is 2.28. The summed E-state index contributed by atoms with van der Waals surface area (Å²) in [4.78, 5) is 0.0889. The number of rotatable bonds is 7. The first kappa shape index (κ1) is 17.4. The smallest absolute Gasteiger partial charge is 0.243 e. The van der Waals surface area contributed by atoms with Crippen LogP contribution in [0.5, 0.6) is 5.75 Å². The number of nitrogens with zero attached hydrogens (tertiary/aromatic N) is 3. The zero-order chi connectivity index (χ0) is 15.9. The fourth-order valence-electron chi connectivity index (χ4n) is 1.66. The van der Waals surface area contributed by atoms with Crippen LogP contribution in [0.1, 0.15) is 12.8 Å². The third-order valence-electron chi connectivity index (χ3n) is 2.71. The van der Waals surface area contributed by atoms with Gasteiger partial charge in [0.2, 0.25) is 10.0 Å². The van der Waals surface area contributed by atoms with Crippen molar-refractivity contribution in [2.45, 2.75) is 17.7 Å². The van der Waals surface area contributed by atoms with Crippen molar-refractivity contribution < 1.29 is 13.2 Å². The van der Waals surface area contributed by atoms with Gasteiger partial charge in [-0.3, -0.25) is 0 Å². The van der Waals surface area contributed by atoms with E-state index in [2.05, 4.69) is 15.9 Å². The molecule has 0 amide bonds. The molecule has 0 aliphatic carbocycles. The monoisotopic (exact) mass is 371 g/mol. The van der Waals surface area contributed by atoms with Crippen LogP contribution in [0.4, 0.5) is 0 Å². The number of hydrogen-bond donors (Lipinski definition) is 0. The molecule has 1 aromatic rings. The van der Waals surface area contributed by atoms with Gasteiger partial charge in [-0.25, -0.2) is 8.42 Å². The molecular formula is C13H14BrN3O3S. The maximum absolute atomic E-state index is 12.5. The molecule has 1 rings (SSSR count). The molecule has 21 heavy (non-hydrogen) atoms. The van der Waals surface area contributed by atoms with E-state index in [1.165, 1.54) is 19.2 Å². The summed E-state index contributed by atoms with van der Waals surface area (Å²) in [5.41, 5.74) is 0. The van der Waals surface area contributed by atoms with E-state index in [4.69, 9.17) is 15.3 Å². The van der Waals surface area contributed by atoms with Crippen LogP contribution in [0, 0.1) is 22.7 Å². The second-order valence-electron chi connectivity index (χ2n) is 4.02. The Morgan fingerprint density at radius 1 is 1.24 bits per heavy atom. The molecule has 8 heteroatoms. The van der Waals surface area contributed by atoms with E-state index in [0.717, 1.165) is 4.31 Å². The normalized spacial score (nSPS) is 10.9. The van der Waals surface area contributed by atoms with E-state index in [1.807, 2.05) is 12.1 Å². The zero-order valence-corrected chi connectivity index (χ0v) is 13.8.